The van der Waals surface area contributed by atoms with Crippen LogP contribution in [-0.4, -0.2) is 19.8 Å². The summed E-state index contributed by atoms with van der Waals surface area (Å²) in [4.78, 5) is 0. The van der Waals surface area contributed by atoms with E-state index in [1.165, 1.54) is 12.1 Å². The molecule has 1 atom stereocenters. The molecule has 0 saturated carbocycles. The van der Waals surface area contributed by atoms with E-state index >= 15 is 0 Å². The van der Waals surface area contributed by atoms with Crippen molar-refractivity contribution in [3.63, 3.8) is 0 Å². The van der Waals surface area contributed by atoms with E-state index < -0.39 is 0 Å². The van der Waals surface area contributed by atoms with Crippen molar-refractivity contribution in [2.24, 2.45) is 0 Å². The molecule has 0 unspecified atom stereocenters. The average molecular weight is 197 g/mol. The summed E-state index contributed by atoms with van der Waals surface area (Å²) >= 11 is 0. The van der Waals surface area contributed by atoms with Crippen LogP contribution in [0.1, 0.15) is 12.5 Å². The zero-order valence-corrected chi connectivity index (χ0v) is 8.59. The molecule has 2 nitrogen and oxygen atoms in total. The Morgan fingerprint density at radius 1 is 1.36 bits per heavy atom. The molecule has 0 saturated heterocycles. The fourth-order valence-electron chi connectivity index (χ4n) is 1.20. The number of nitrogens with one attached hydrogen (secondary N) is 1. The minimum atomic E-state index is -0.196. The van der Waals surface area contributed by atoms with Crippen molar-refractivity contribution >= 4 is 0 Å². The van der Waals surface area contributed by atoms with Crippen LogP contribution >= 0.6 is 0 Å². The van der Waals surface area contributed by atoms with Gasteiger partial charge in [0.15, 0.2) is 0 Å². The summed E-state index contributed by atoms with van der Waals surface area (Å²) in [5, 5.41) is 3.27. The van der Waals surface area contributed by atoms with Gasteiger partial charge in [0, 0.05) is 19.7 Å². The van der Waals surface area contributed by atoms with Crippen molar-refractivity contribution in [1.29, 1.82) is 0 Å². The topological polar surface area (TPSA) is 21.3 Å². The van der Waals surface area contributed by atoms with Crippen LogP contribution in [0.25, 0.3) is 0 Å². The maximum atomic E-state index is 12.6. The molecule has 78 valence electrons. The van der Waals surface area contributed by atoms with E-state index in [2.05, 4.69) is 5.32 Å². The van der Waals surface area contributed by atoms with Crippen LogP contribution in [0.5, 0.6) is 0 Å². The SMILES string of the molecule is COC[C@H](C)NCc1ccc(F)cc1. The molecule has 1 aromatic rings. The summed E-state index contributed by atoms with van der Waals surface area (Å²) in [7, 11) is 1.68. The van der Waals surface area contributed by atoms with E-state index in [0.717, 1.165) is 12.1 Å². The molecule has 0 heterocycles. The first-order chi connectivity index (χ1) is 6.72. The van der Waals surface area contributed by atoms with Gasteiger partial charge in [0.05, 0.1) is 6.61 Å². The first-order valence-corrected chi connectivity index (χ1v) is 4.69. The summed E-state index contributed by atoms with van der Waals surface area (Å²) in [6, 6.07) is 6.81. The molecule has 1 aromatic carbocycles. The zero-order chi connectivity index (χ0) is 10.4. The van der Waals surface area contributed by atoms with E-state index in [-0.39, 0.29) is 5.82 Å². The van der Waals surface area contributed by atoms with Crippen LogP contribution in [-0.2, 0) is 11.3 Å². The van der Waals surface area contributed by atoms with Gasteiger partial charge in [-0.3, -0.25) is 0 Å². The normalized spacial score (nSPS) is 12.8. The van der Waals surface area contributed by atoms with Crippen LogP contribution in [0.2, 0.25) is 0 Å². The van der Waals surface area contributed by atoms with Crippen molar-refractivity contribution in [3.8, 4) is 0 Å². The van der Waals surface area contributed by atoms with Gasteiger partial charge < -0.3 is 10.1 Å². The molecule has 0 aliphatic rings. The number of hydrogen-bond acceptors (Lipinski definition) is 2. The Morgan fingerprint density at radius 3 is 2.57 bits per heavy atom. The van der Waals surface area contributed by atoms with Crippen molar-refractivity contribution in [3.05, 3.63) is 35.6 Å². The third kappa shape index (κ3) is 3.85. The van der Waals surface area contributed by atoms with Crippen LogP contribution < -0.4 is 5.32 Å². The molecule has 0 spiro atoms. The minimum absolute atomic E-state index is 0.196. The summed E-state index contributed by atoms with van der Waals surface area (Å²) < 4.78 is 17.6. The monoisotopic (exact) mass is 197 g/mol. The van der Waals surface area contributed by atoms with Crippen LogP contribution in [0, 0.1) is 5.82 Å². The molecule has 0 fully saturated rings. The molecule has 1 rings (SSSR count). The highest BCUT2D eigenvalue weighted by molar-refractivity contribution is 5.15. The number of benzene rings is 1. The highest BCUT2D eigenvalue weighted by atomic mass is 19.1. The van der Waals surface area contributed by atoms with Crippen LogP contribution in [0.15, 0.2) is 24.3 Å². The third-order valence-corrected chi connectivity index (χ3v) is 1.98. The fraction of sp³-hybridized carbons (Fsp3) is 0.455. The van der Waals surface area contributed by atoms with Gasteiger partial charge >= 0.3 is 0 Å². The number of ether oxygens (including phenoxy) is 1. The molecular formula is C11H16FNO. The zero-order valence-electron chi connectivity index (χ0n) is 8.59. The van der Waals surface area contributed by atoms with E-state index in [1.54, 1.807) is 19.2 Å². The summed E-state index contributed by atoms with van der Waals surface area (Å²) in [6.07, 6.45) is 0. The highest BCUT2D eigenvalue weighted by Crippen LogP contribution is 2.02. The van der Waals surface area contributed by atoms with Gasteiger partial charge in [-0.05, 0) is 24.6 Å². The summed E-state index contributed by atoms with van der Waals surface area (Å²) in [5.41, 5.74) is 1.08. The molecule has 0 amide bonds. The smallest absolute Gasteiger partial charge is 0.123 e. The van der Waals surface area contributed by atoms with Crippen molar-refractivity contribution < 1.29 is 9.13 Å². The number of methoxy groups -OCH3 is 1. The van der Waals surface area contributed by atoms with Gasteiger partial charge in [0.1, 0.15) is 5.82 Å². The van der Waals surface area contributed by atoms with E-state index in [9.17, 15) is 4.39 Å². The number of rotatable bonds is 5. The maximum Gasteiger partial charge on any atom is 0.123 e. The Labute approximate surface area is 84.1 Å². The molecule has 0 aliphatic heterocycles. The average Bonchev–Trinajstić information content (AvgIpc) is 2.17. The molecule has 0 aliphatic carbocycles. The quantitative estimate of drug-likeness (QED) is 0.779. The van der Waals surface area contributed by atoms with Crippen LogP contribution in [0.3, 0.4) is 0 Å². The molecular weight excluding hydrogens is 181 g/mol. The molecule has 0 aromatic heterocycles. The predicted octanol–water partition coefficient (Wildman–Crippen LogP) is 1.95. The Balaban J connectivity index is 2.34. The molecule has 0 bridgehead atoms. The minimum Gasteiger partial charge on any atom is -0.383 e. The standard InChI is InChI=1S/C11H16FNO/c1-9(8-14-2)13-7-10-3-5-11(12)6-4-10/h3-6,9,13H,7-8H2,1-2H3/t9-/m0/s1. The first kappa shape index (κ1) is 11.1. The van der Waals surface area contributed by atoms with Gasteiger partial charge in [0.2, 0.25) is 0 Å². The van der Waals surface area contributed by atoms with E-state index in [1.807, 2.05) is 6.92 Å². The molecule has 14 heavy (non-hydrogen) atoms. The predicted molar refractivity (Wildman–Crippen MR) is 54.6 cm³/mol. The van der Waals surface area contributed by atoms with Crippen molar-refractivity contribution in [2.75, 3.05) is 13.7 Å². The lowest BCUT2D eigenvalue weighted by Gasteiger charge is -2.12. The second-order valence-corrected chi connectivity index (χ2v) is 3.36. The largest absolute Gasteiger partial charge is 0.383 e. The van der Waals surface area contributed by atoms with Gasteiger partial charge in [0.25, 0.3) is 0 Å². The third-order valence-electron chi connectivity index (χ3n) is 1.98. The Bertz CT molecular complexity index is 260. The van der Waals surface area contributed by atoms with Crippen molar-refractivity contribution in [2.45, 2.75) is 19.5 Å². The van der Waals surface area contributed by atoms with Gasteiger partial charge in [-0.15, -0.1) is 0 Å². The van der Waals surface area contributed by atoms with E-state index in [4.69, 9.17) is 4.74 Å². The Hall–Kier alpha value is -0.930. The molecule has 0 radical (unpaired) electrons. The molecule has 1 N–H and O–H groups in total. The molecule has 3 heteroatoms. The Kier molecular flexibility index (Phi) is 4.56. The highest BCUT2D eigenvalue weighted by Gasteiger charge is 2.00. The second kappa shape index (κ2) is 5.73. The lowest BCUT2D eigenvalue weighted by Crippen LogP contribution is -2.29. The summed E-state index contributed by atoms with van der Waals surface area (Å²) in [6.45, 7) is 3.47. The van der Waals surface area contributed by atoms with Gasteiger partial charge in [-0.25, -0.2) is 4.39 Å². The van der Waals surface area contributed by atoms with E-state index in [0.29, 0.717) is 12.6 Å². The lowest BCUT2D eigenvalue weighted by atomic mass is 10.2. The maximum absolute atomic E-state index is 12.6. The van der Waals surface area contributed by atoms with Gasteiger partial charge in [-0.2, -0.15) is 0 Å². The lowest BCUT2D eigenvalue weighted by molar-refractivity contribution is 0.171. The first-order valence-electron chi connectivity index (χ1n) is 4.69. The number of halogens is 1. The second-order valence-electron chi connectivity index (χ2n) is 3.36. The Morgan fingerprint density at radius 2 is 2.00 bits per heavy atom. The van der Waals surface area contributed by atoms with Gasteiger partial charge in [-0.1, -0.05) is 12.1 Å². The summed E-state index contributed by atoms with van der Waals surface area (Å²) in [5.74, 6) is -0.196. The van der Waals surface area contributed by atoms with Crippen molar-refractivity contribution in [1.82, 2.24) is 5.32 Å². The fourth-order valence-corrected chi connectivity index (χ4v) is 1.20. The number of hydrogen-bond donors (Lipinski definition) is 1. The van der Waals surface area contributed by atoms with Crippen LogP contribution in [0.4, 0.5) is 4.39 Å².